The van der Waals surface area contributed by atoms with Gasteiger partial charge in [0.25, 0.3) is 5.91 Å². The molecule has 2 atom stereocenters. The maximum atomic E-state index is 13.5. The minimum Gasteiger partial charge on any atom is -0.497 e. The van der Waals surface area contributed by atoms with Gasteiger partial charge in [0, 0.05) is 25.2 Å². The summed E-state index contributed by atoms with van der Waals surface area (Å²) in [5.74, 6) is 0.0401. The van der Waals surface area contributed by atoms with E-state index in [1.807, 2.05) is 17.8 Å². The van der Waals surface area contributed by atoms with Crippen molar-refractivity contribution in [1.29, 1.82) is 0 Å². The molecule has 0 aliphatic carbocycles. The molecule has 0 saturated carbocycles. The van der Waals surface area contributed by atoms with Gasteiger partial charge in [0.05, 0.1) is 25.4 Å². The highest BCUT2D eigenvalue weighted by Gasteiger charge is 2.70. The van der Waals surface area contributed by atoms with Crippen LogP contribution >= 0.6 is 11.8 Å². The number of nitrogens with zero attached hydrogens (tertiary/aromatic N) is 6. The predicted molar refractivity (Wildman–Crippen MR) is 142 cm³/mol. The fourth-order valence-corrected chi connectivity index (χ4v) is 7.62. The molecule has 0 unspecified atom stereocenters. The minimum atomic E-state index is -3.94. The van der Waals surface area contributed by atoms with Crippen molar-refractivity contribution in [2.24, 2.45) is 7.05 Å². The number of carbonyl (C=O) groups is 2. The molecule has 0 N–H and O–H groups in total. The number of imidazole rings is 1. The van der Waals surface area contributed by atoms with Gasteiger partial charge >= 0.3 is 5.97 Å². The van der Waals surface area contributed by atoms with Crippen molar-refractivity contribution >= 4 is 39.6 Å². The summed E-state index contributed by atoms with van der Waals surface area (Å²) in [5.41, 5.74) is 1.12. The van der Waals surface area contributed by atoms with E-state index >= 15 is 0 Å². The molecule has 0 spiro atoms. The highest BCUT2D eigenvalue weighted by Crippen LogP contribution is 2.49. The van der Waals surface area contributed by atoms with E-state index in [-0.39, 0.29) is 12.2 Å². The van der Waals surface area contributed by atoms with Gasteiger partial charge in [0.15, 0.2) is 26.4 Å². The Morgan fingerprint density at radius 1 is 1.23 bits per heavy atom. The summed E-state index contributed by atoms with van der Waals surface area (Å²) in [6.07, 6.45) is 6.67. The zero-order chi connectivity index (χ0) is 27.9. The minimum absolute atomic E-state index is 0.0583. The SMILES string of the molecule is COc1ccc(COC(=O)[C@@H]2N3C(=O)/C(=C\c4cn(CCSc5nccn5C)nn4)[C@H]3S(=O)(=O)C2(C)C)cc1. The standard InChI is InChI=1S/C25H28N6O6S2/c1-25(2)20(23(33)37-15-16-5-7-18(36-4)8-6-16)31-21(32)19(22(31)39(25,34)35)13-17-14-30(28-27-17)11-12-38-24-26-9-10-29(24)3/h5-10,13-14,20,22H,11-12,15H2,1-4H3/b19-13+/t20-,22+/m0/s1. The molecule has 206 valence electrons. The number of aromatic nitrogens is 5. The molecule has 1 aromatic carbocycles. The molecule has 0 radical (unpaired) electrons. The highest BCUT2D eigenvalue weighted by molar-refractivity contribution is 7.99. The van der Waals surface area contributed by atoms with Crippen molar-refractivity contribution in [3.63, 3.8) is 0 Å². The molecular formula is C25H28N6O6S2. The van der Waals surface area contributed by atoms with Crippen LogP contribution in [0.1, 0.15) is 25.1 Å². The van der Waals surface area contributed by atoms with Gasteiger partial charge in [-0.25, -0.2) is 18.2 Å². The molecule has 4 heterocycles. The summed E-state index contributed by atoms with van der Waals surface area (Å²) in [4.78, 5) is 31.6. The summed E-state index contributed by atoms with van der Waals surface area (Å²) in [6, 6.07) is 5.68. The lowest BCUT2D eigenvalue weighted by atomic mass is 9.95. The van der Waals surface area contributed by atoms with Crippen LogP contribution in [0.25, 0.3) is 6.08 Å². The van der Waals surface area contributed by atoms with E-state index in [2.05, 4.69) is 15.3 Å². The van der Waals surface area contributed by atoms with Crippen LogP contribution in [0.5, 0.6) is 5.75 Å². The number of hydrogen-bond acceptors (Lipinski definition) is 10. The number of fused-ring (bicyclic) bond motifs is 1. The van der Waals surface area contributed by atoms with Crippen molar-refractivity contribution < 1.29 is 27.5 Å². The zero-order valence-corrected chi connectivity index (χ0v) is 23.5. The second-order valence-corrected chi connectivity index (χ2v) is 13.4. The lowest BCUT2D eigenvalue weighted by Gasteiger charge is -2.38. The van der Waals surface area contributed by atoms with E-state index in [0.29, 0.717) is 29.3 Å². The molecule has 3 aromatic rings. The molecular weight excluding hydrogens is 544 g/mol. The Morgan fingerprint density at radius 2 is 1.97 bits per heavy atom. The second-order valence-electron chi connectivity index (χ2n) is 9.75. The number of hydrogen-bond donors (Lipinski definition) is 0. The Hall–Kier alpha value is -3.65. The van der Waals surface area contributed by atoms with E-state index in [9.17, 15) is 18.0 Å². The maximum absolute atomic E-state index is 13.5. The fourth-order valence-electron chi connectivity index (χ4n) is 4.65. The first-order chi connectivity index (χ1) is 18.5. The maximum Gasteiger partial charge on any atom is 0.330 e. The van der Waals surface area contributed by atoms with E-state index < -0.39 is 37.9 Å². The molecule has 0 bridgehead atoms. The average Bonchev–Trinajstić information content (AvgIpc) is 3.57. The van der Waals surface area contributed by atoms with Crippen LogP contribution in [0.4, 0.5) is 0 Å². The molecule has 2 fully saturated rings. The van der Waals surface area contributed by atoms with E-state index in [0.717, 1.165) is 10.1 Å². The Kier molecular flexibility index (Phi) is 7.01. The zero-order valence-electron chi connectivity index (χ0n) is 21.8. The summed E-state index contributed by atoms with van der Waals surface area (Å²) < 4.78 is 39.5. The topological polar surface area (TPSA) is 139 Å². The van der Waals surface area contributed by atoms with Gasteiger partial charge in [0.1, 0.15) is 22.8 Å². The number of ether oxygens (including phenoxy) is 2. The number of thioether (sulfide) groups is 1. The number of β-lactam (4-membered cyclic amide) rings is 1. The predicted octanol–water partition coefficient (Wildman–Crippen LogP) is 1.68. The van der Waals surface area contributed by atoms with Crippen molar-refractivity contribution in [2.75, 3.05) is 12.9 Å². The number of esters is 1. The Bertz CT molecular complexity index is 1540. The van der Waals surface area contributed by atoms with E-state index in [1.54, 1.807) is 60.2 Å². The first kappa shape index (κ1) is 26.9. The second kappa shape index (κ2) is 10.2. The third-order valence-corrected chi connectivity index (χ3v) is 10.7. The first-order valence-electron chi connectivity index (χ1n) is 12.1. The van der Waals surface area contributed by atoms with Crippen molar-refractivity contribution in [3.8, 4) is 5.75 Å². The largest absolute Gasteiger partial charge is 0.497 e. The number of rotatable bonds is 9. The third kappa shape index (κ3) is 4.71. The highest BCUT2D eigenvalue weighted by atomic mass is 32.2. The van der Waals surface area contributed by atoms with Crippen LogP contribution in [0.3, 0.4) is 0 Å². The van der Waals surface area contributed by atoms with Crippen molar-refractivity contribution in [2.45, 2.75) is 48.3 Å². The molecule has 1 amide bonds. The van der Waals surface area contributed by atoms with Gasteiger partial charge in [-0.1, -0.05) is 29.1 Å². The lowest BCUT2D eigenvalue weighted by Crippen LogP contribution is -2.59. The molecule has 2 saturated heterocycles. The Labute approximate surface area is 229 Å². The molecule has 5 rings (SSSR count). The number of benzene rings is 1. The molecule has 2 aromatic heterocycles. The van der Waals surface area contributed by atoms with Gasteiger partial charge in [0.2, 0.25) is 0 Å². The summed E-state index contributed by atoms with van der Waals surface area (Å²) in [6.45, 7) is 3.37. The summed E-state index contributed by atoms with van der Waals surface area (Å²) in [5, 5.41) is 7.78. The summed E-state index contributed by atoms with van der Waals surface area (Å²) in [7, 11) is -0.476. The molecule has 14 heteroatoms. The van der Waals surface area contributed by atoms with Crippen LogP contribution in [0, 0.1) is 0 Å². The first-order valence-corrected chi connectivity index (χ1v) is 14.7. The Balaban J connectivity index is 1.28. The molecule has 39 heavy (non-hydrogen) atoms. The molecule has 12 nitrogen and oxygen atoms in total. The van der Waals surface area contributed by atoms with Crippen LogP contribution in [0.2, 0.25) is 0 Å². The van der Waals surface area contributed by atoms with Crippen molar-refractivity contribution in [3.05, 3.63) is 59.7 Å². The number of methoxy groups -OCH3 is 1. The third-order valence-electron chi connectivity index (χ3n) is 6.92. The normalized spacial score (nSPS) is 22.0. The van der Waals surface area contributed by atoms with E-state index in [1.165, 1.54) is 19.9 Å². The van der Waals surface area contributed by atoms with Gasteiger partial charge in [-0.3, -0.25) is 9.48 Å². The number of amides is 1. The van der Waals surface area contributed by atoms with Crippen molar-refractivity contribution in [1.82, 2.24) is 29.4 Å². The number of carbonyl (C=O) groups excluding carboxylic acids is 2. The average molecular weight is 573 g/mol. The van der Waals surface area contributed by atoms with Crippen LogP contribution < -0.4 is 4.74 Å². The van der Waals surface area contributed by atoms with Gasteiger partial charge in [-0.15, -0.1) is 5.10 Å². The van der Waals surface area contributed by atoms with Crippen LogP contribution in [0.15, 0.2) is 53.6 Å². The van der Waals surface area contributed by atoms with Gasteiger partial charge < -0.3 is 18.9 Å². The summed E-state index contributed by atoms with van der Waals surface area (Å²) >= 11 is 1.57. The quantitative estimate of drug-likeness (QED) is 0.161. The van der Waals surface area contributed by atoms with Gasteiger partial charge in [-0.05, 0) is 37.6 Å². The number of sulfone groups is 1. The lowest BCUT2D eigenvalue weighted by molar-refractivity contribution is -0.158. The number of aryl methyl sites for hydroxylation is 2. The van der Waals surface area contributed by atoms with Gasteiger partial charge in [-0.2, -0.15) is 0 Å². The van der Waals surface area contributed by atoms with E-state index in [4.69, 9.17) is 9.47 Å². The van der Waals surface area contributed by atoms with Crippen LogP contribution in [-0.4, -0.2) is 78.8 Å². The van der Waals surface area contributed by atoms with Crippen LogP contribution in [-0.2, 0) is 44.4 Å². The Morgan fingerprint density at radius 3 is 2.64 bits per heavy atom. The molecule has 2 aliphatic rings. The molecule has 2 aliphatic heterocycles. The fraction of sp³-hybridized carbons (Fsp3) is 0.400. The monoisotopic (exact) mass is 572 g/mol. The smallest absolute Gasteiger partial charge is 0.330 e.